The number of imidazole rings is 1. The number of ether oxygens (including phenoxy) is 1. The van der Waals surface area contributed by atoms with E-state index in [1.54, 1.807) is 30.7 Å². The van der Waals surface area contributed by atoms with Crippen molar-refractivity contribution in [3.63, 3.8) is 0 Å². The lowest BCUT2D eigenvalue weighted by Gasteiger charge is -2.29. The number of hydrogen-bond donors (Lipinski definition) is 1. The van der Waals surface area contributed by atoms with Gasteiger partial charge in [-0.15, -0.1) is 0 Å². The highest BCUT2D eigenvalue weighted by atomic mass is 19.4. The van der Waals surface area contributed by atoms with E-state index < -0.39 is 23.8 Å². The number of esters is 1. The van der Waals surface area contributed by atoms with Crippen molar-refractivity contribution in [3.8, 4) is 0 Å². The van der Waals surface area contributed by atoms with Crippen LogP contribution in [-0.2, 0) is 15.7 Å². The number of nitrogens with one attached hydrogen (secondary N) is 1. The third-order valence-corrected chi connectivity index (χ3v) is 3.95. The van der Waals surface area contributed by atoms with Gasteiger partial charge in [0.15, 0.2) is 0 Å². The zero-order valence-corrected chi connectivity index (χ0v) is 13.6. The normalized spacial score (nSPS) is 17.1. The highest BCUT2D eigenvalue weighted by Crippen LogP contribution is 2.38. The van der Waals surface area contributed by atoms with Crippen LogP contribution in [0.3, 0.4) is 0 Å². The van der Waals surface area contributed by atoms with Crippen molar-refractivity contribution in [1.29, 1.82) is 0 Å². The summed E-state index contributed by atoms with van der Waals surface area (Å²) in [6, 6.07) is 4.18. The maximum atomic E-state index is 13.1. The third kappa shape index (κ3) is 3.11. The van der Waals surface area contributed by atoms with Gasteiger partial charge >= 0.3 is 12.1 Å². The molecule has 1 aromatic heterocycles. The number of rotatable bonds is 3. The van der Waals surface area contributed by atoms with Crippen LogP contribution in [0.5, 0.6) is 0 Å². The second kappa shape index (κ2) is 6.27. The van der Waals surface area contributed by atoms with Crippen LogP contribution in [0.25, 0.3) is 0 Å². The van der Waals surface area contributed by atoms with Gasteiger partial charge in [-0.1, -0.05) is 12.1 Å². The van der Waals surface area contributed by atoms with Gasteiger partial charge in [-0.2, -0.15) is 13.2 Å². The lowest BCUT2D eigenvalue weighted by Crippen LogP contribution is -2.28. The molecular weight excluding hydrogens is 335 g/mol. The van der Waals surface area contributed by atoms with E-state index in [2.05, 4.69) is 10.3 Å². The Morgan fingerprint density at radius 1 is 1.40 bits per heavy atom. The van der Waals surface area contributed by atoms with Crippen molar-refractivity contribution in [2.24, 2.45) is 0 Å². The van der Waals surface area contributed by atoms with Gasteiger partial charge in [0.1, 0.15) is 0 Å². The van der Waals surface area contributed by atoms with Crippen molar-refractivity contribution >= 4 is 11.9 Å². The molecular formula is C17H16F3N3O2. The highest BCUT2D eigenvalue weighted by Gasteiger charge is 2.35. The van der Waals surface area contributed by atoms with Crippen LogP contribution >= 0.6 is 0 Å². The molecule has 1 atom stereocenters. The Balaban J connectivity index is 2.15. The van der Waals surface area contributed by atoms with Gasteiger partial charge < -0.3 is 14.6 Å². The molecule has 2 aromatic rings. The van der Waals surface area contributed by atoms with Gasteiger partial charge in [0.05, 0.1) is 23.8 Å². The van der Waals surface area contributed by atoms with Crippen molar-refractivity contribution in [2.45, 2.75) is 26.1 Å². The Hall–Kier alpha value is -2.77. The number of benzene rings is 1. The average Bonchev–Trinajstić information content (AvgIpc) is 3.00. The monoisotopic (exact) mass is 351 g/mol. The van der Waals surface area contributed by atoms with Crippen LogP contribution in [-0.4, -0.2) is 22.1 Å². The lowest BCUT2D eigenvalue weighted by atomic mass is 9.94. The fourth-order valence-corrected chi connectivity index (χ4v) is 2.88. The molecule has 1 aromatic carbocycles. The Bertz CT molecular complexity index is 840. The second-order valence-corrected chi connectivity index (χ2v) is 5.57. The second-order valence-electron chi connectivity index (χ2n) is 5.57. The maximum Gasteiger partial charge on any atom is 0.416 e. The van der Waals surface area contributed by atoms with E-state index in [4.69, 9.17) is 4.74 Å². The molecule has 0 aliphatic carbocycles. The minimum Gasteiger partial charge on any atom is -0.463 e. The van der Waals surface area contributed by atoms with Crippen LogP contribution in [0.2, 0.25) is 0 Å². The van der Waals surface area contributed by atoms with Crippen molar-refractivity contribution in [1.82, 2.24) is 9.55 Å². The molecule has 0 saturated heterocycles. The van der Waals surface area contributed by atoms with Crippen LogP contribution < -0.4 is 5.32 Å². The summed E-state index contributed by atoms with van der Waals surface area (Å²) < 4.78 is 46.0. The van der Waals surface area contributed by atoms with E-state index in [9.17, 15) is 18.0 Å². The summed E-state index contributed by atoms with van der Waals surface area (Å²) in [6.07, 6.45) is -1.34. The first-order valence-electron chi connectivity index (χ1n) is 7.67. The van der Waals surface area contributed by atoms with E-state index in [-0.39, 0.29) is 12.2 Å². The molecule has 1 aliphatic rings. The van der Waals surface area contributed by atoms with E-state index in [1.165, 1.54) is 12.3 Å². The molecule has 1 unspecified atom stereocenters. The van der Waals surface area contributed by atoms with Crippen LogP contribution in [0, 0.1) is 0 Å². The van der Waals surface area contributed by atoms with Crippen LogP contribution in [0.4, 0.5) is 19.1 Å². The van der Waals surface area contributed by atoms with Gasteiger partial charge in [-0.3, -0.25) is 0 Å². The molecule has 3 rings (SSSR count). The zero-order valence-electron chi connectivity index (χ0n) is 13.6. The first-order chi connectivity index (χ1) is 11.8. The van der Waals surface area contributed by atoms with E-state index in [1.807, 2.05) is 0 Å². The Morgan fingerprint density at radius 2 is 2.16 bits per heavy atom. The van der Waals surface area contributed by atoms with Gasteiger partial charge in [0, 0.05) is 18.1 Å². The van der Waals surface area contributed by atoms with E-state index in [0.717, 1.165) is 12.1 Å². The van der Waals surface area contributed by atoms with E-state index in [0.29, 0.717) is 17.2 Å². The number of aromatic nitrogens is 2. The first kappa shape index (κ1) is 17.1. The number of carbonyl (C=O) groups excluding carboxylic acids is 1. The largest absolute Gasteiger partial charge is 0.463 e. The summed E-state index contributed by atoms with van der Waals surface area (Å²) in [7, 11) is 0. The van der Waals surface area contributed by atoms with Gasteiger partial charge in [0.2, 0.25) is 5.95 Å². The molecule has 0 spiro atoms. The number of hydrogen-bond acceptors (Lipinski definition) is 4. The van der Waals surface area contributed by atoms with E-state index >= 15 is 0 Å². The van der Waals surface area contributed by atoms with Gasteiger partial charge in [0.25, 0.3) is 0 Å². The number of nitrogens with zero attached hydrogens (tertiary/aromatic N) is 2. The predicted molar refractivity (Wildman–Crippen MR) is 84.8 cm³/mol. The molecule has 1 aliphatic heterocycles. The molecule has 8 heteroatoms. The fraction of sp³-hybridized carbons (Fsp3) is 0.294. The SMILES string of the molecule is CCOC(=O)C1=C(C)Nc2nccn2C1c1cccc(C(F)(F)F)c1. The van der Waals surface area contributed by atoms with Gasteiger partial charge in [-0.25, -0.2) is 9.78 Å². The lowest BCUT2D eigenvalue weighted by molar-refractivity contribution is -0.139. The van der Waals surface area contributed by atoms with Crippen LogP contribution in [0.15, 0.2) is 47.9 Å². The topological polar surface area (TPSA) is 56.1 Å². The molecule has 0 radical (unpaired) electrons. The molecule has 0 fully saturated rings. The summed E-state index contributed by atoms with van der Waals surface area (Å²) in [6.45, 7) is 3.51. The number of halogens is 3. The smallest absolute Gasteiger partial charge is 0.416 e. The minimum atomic E-state index is -4.47. The number of alkyl halides is 3. The molecule has 2 heterocycles. The molecule has 25 heavy (non-hydrogen) atoms. The molecule has 0 bridgehead atoms. The highest BCUT2D eigenvalue weighted by molar-refractivity contribution is 5.92. The number of anilines is 1. The standard InChI is InChI=1S/C17H16F3N3O2/c1-3-25-15(24)13-10(2)22-16-21-7-8-23(16)14(13)11-5-4-6-12(9-11)17(18,19)20/h4-9,14H,3H2,1-2H3,(H,21,22). The number of carbonyl (C=O) groups is 1. The maximum absolute atomic E-state index is 13.1. The minimum absolute atomic E-state index is 0.168. The van der Waals surface area contributed by atoms with Gasteiger partial charge in [-0.05, 0) is 31.5 Å². The average molecular weight is 351 g/mol. The summed E-state index contributed by atoms with van der Waals surface area (Å²) in [5, 5.41) is 2.98. The Kier molecular flexibility index (Phi) is 4.28. The quantitative estimate of drug-likeness (QED) is 0.856. The third-order valence-electron chi connectivity index (χ3n) is 3.95. The van der Waals surface area contributed by atoms with Crippen molar-refractivity contribution in [2.75, 3.05) is 11.9 Å². The molecule has 5 nitrogen and oxygen atoms in total. The summed E-state index contributed by atoms with van der Waals surface area (Å²) in [4.78, 5) is 16.6. The van der Waals surface area contributed by atoms with Crippen molar-refractivity contribution < 1.29 is 22.7 Å². The van der Waals surface area contributed by atoms with Crippen LogP contribution in [0.1, 0.15) is 31.0 Å². The first-order valence-corrected chi connectivity index (χ1v) is 7.67. The number of allylic oxidation sites excluding steroid dienone is 1. The summed E-state index contributed by atoms with van der Waals surface area (Å²) in [5.74, 6) is -0.123. The van der Waals surface area contributed by atoms with Crippen molar-refractivity contribution in [3.05, 3.63) is 59.1 Å². The predicted octanol–water partition coefficient (Wildman–Crippen LogP) is 3.75. The zero-order chi connectivity index (χ0) is 18.2. The molecule has 1 N–H and O–H groups in total. The molecule has 0 amide bonds. The molecule has 0 saturated carbocycles. The Labute approximate surface area is 142 Å². The number of fused-ring (bicyclic) bond motifs is 1. The summed E-state index contributed by atoms with van der Waals surface area (Å²) in [5.41, 5.74) is 0.315. The Morgan fingerprint density at radius 3 is 2.84 bits per heavy atom. The molecule has 132 valence electrons. The fourth-order valence-electron chi connectivity index (χ4n) is 2.88. The summed E-state index contributed by atoms with van der Waals surface area (Å²) >= 11 is 0.